The molecule has 2 aromatic rings. The average Bonchev–Trinajstić information content (AvgIpc) is 3.17. The van der Waals surface area contributed by atoms with Gasteiger partial charge in [0.05, 0.1) is 24.3 Å². The van der Waals surface area contributed by atoms with E-state index in [4.69, 9.17) is 21.1 Å². The quantitative estimate of drug-likeness (QED) is 0.825. The number of rotatable bonds is 2. The molecule has 1 amide bonds. The standard InChI is InChI=1S/C14H13ClFN3O4/c15-6-1-2-9-18-10(13(16)19(9)3-6)14(21)17-7-4-22-12-8(20)5-23-11(7)12/h1-3,7-8,11-12,20H,4-5H2,(H,17,21)/t7-,8+,11+,12+/m0/s1. The van der Waals surface area contributed by atoms with Gasteiger partial charge < -0.3 is 19.9 Å². The van der Waals surface area contributed by atoms with E-state index >= 15 is 0 Å². The van der Waals surface area contributed by atoms with Gasteiger partial charge >= 0.3 is 0 Å². The topological polar surface area (TPSA) is 85.1 Å². The Hall–Kier alpha value is -1.74. The average molecular weight is 342 g/mol. The Morgan fingerprint density at radius 3 is 3.00 bits per heavy atom. The van der Waals surface area contributed by atoms with Gasteiger partial charge in [-0.15, -0.1) is 0 Å². The van der Waals surface area contributed by atoms with E-state index in [1.165, 1.54) is 12.3 Å². The van der Waals surface area contributed by atoms with Crippen molar-refractivity contribution in [2.75, 3.05) is 13.2 Å². The maximum Gasteiger partial charge on any atom is 0.275 e. The molecule has 0 radical (unpaired) electrons. The van der Waals surface area contributed by atoms with Crippen molar-refractivity contribution in [1.29, 1.82) is 0 Å². The van der Waals surface area contributed by atoms with Gasteiger partial charge in [0.1, 0.15) is 24.0 Å². The molecule has 2 aliphatic rings. The van der Waals surface area contributed by atoms with Crippen LogP contribution in [0, 0.1) is 5.95 Å². The lowest BCUT2D eigenvalue weighted by atomic mass is 10.1. The Labute approximate surface area is 135 Å². The second-order valence-electron chi connectivity index (χ2n) is 5.57. The number of fused-ring (bicyclic) bond motifs is 2. The first-order valence-corrected chi connectivity index (χ1v) is 7.47. The highest BCUT2D eigenvalue weighted by Gasteiger charge is 2.47. The minimum Gasteiger partial charge on any atom is -0.388 e. The molecule has 2 aliphatic heterocycles. The van der Waals surface area contributed by atoms with Gasteiger partial charge in [0.15, 0.2) is 5.69 Å². The fraction of sp³-hybridized carbons (Fsp3) is 0.429. The van der Waals surface area contributed by atoms with Crippen LogP contribution in [0.5, 0.6) is 0 Å². The first kappa shape index (κ1) is 14.8. The minimum atomic E-state index is -0.789. The van der Waals surface area contributed by atoms with Gasteiger partial charge in [0.2, 0.25) is 5.95 Å². The van der Waals surface area contributed by atoms with E-state index in [1.54, 1.807) is 6.07 Å². The van der Waals surface area contributed by atoms with Crippen molar-refractivity contribution in [2.45, 2.75) is 24.4 Å². The number of nitrogens with zero attached hydrogens (tertiary/aromatic N) is 2. The van der Waals surface area contributed by atoms with Crippen molar-refractivity contribution < 1.29 is 23.8 Å². The Bertz CT molecular complexity index is 783. The minimum absolute atomic E-state index is 0.156. The van der Waals surface area contributed by atoms with Crippen LogP contribution in [0.3, 0.4) is 0 Å². The van der Waals surface area contributed by atoms with Gasteiger partial charge in [-0.05, 0) is 12.1 Å². The number of ether oxygens (including phenoxy) is 2. The zero-order chi connectivity index (χ0) is 16.1. The number of nitrogens with one attached hydrogen (secondary N) is 1. The fourth-order valence-corrected chi connectivity index (χ4v) is 3.13. The van der Waals surface area contributed by atoms with Crippen molar-refractivity contribution in [1.82, 2.24) is 14.7 Å². The number of carbonyl (C=O) groups is 1. The van der Waals surface area contributed by atoms with Gasteiger partial charge in [-0.25, -0.2) is 4.98 Å². The normalized spacial score (nSPS) is 29.9. The predicted octanol–water partition coefficient (Wildman–Crippen LogP) is 0.384. The highest BCUT2D eigenvalue weighted by molar-refractivity contribution is 6.30. The van der Waals surface area contributed by atoms with Crippen LogP contribution in [-0.2, 0) is 9.47 Å². The predicted molar refractivity (Wildman–Crippen MR) is 76.9 cm³/mol. The molecule has 2 saturated heterocycles. The molecule has 4 rings (SSSR count). The fourth-order valence-electron chi connectivity index (χ4n) is 2.97. The lowest BCUT2D eigenvalue weighted by Crippen LogP contribution is -2.44. The summed E-state index contributed by atoms with van der Waals surface area (Å²) in [6, 6.07) is 2.62. The Balaban J connectivity index is 1.57. The molecule has 23 heavy (non-hydrogen) atoms. The molecular weight excluding hydrogens is 329 g/mol. The number of amides is 1. The molecule has 7 nitrogen and oxygen atoms in total. The number of aliphatic hydroxyl groups excluding tert-OH is 1. The first-order valence-electron chi connectivity index (χ1n) is 7.10. The van der Waals surface area contributed by atoms with Crippen LogP contribution in [0.4, 0.5) is 4.39 Å². The lowest BCUT2D eigenvalue weighted by molar-refractivity contribution is 0.0178. The number of pyridine rings is 1. The summed E-state index contributed by atoms with van der Waals surface area (Å²) in [7, 11) is 0. The van der Waals surface area contributed by atoms with E-state index in [0.717, 1.165) is 4.40 Å². The first-order chi connectivity index (χ1) is 11.0. The molecule has 9 heteroatoms. The summed E-state index contributed by atoms with van der Waals surface area (Å²) in [5, 5.41) is 12.7. The molecule has 2 aromatic heterocycles. The third kappa shape index (κ3) is 2.38. The van der Waals surface area contributed by atoms with Crippen LogP contribution in [0.1, 0.15) is 10.5 Å². The molecule has 0 spiro atoms. The SMILES string of the molecule is O=C(N[C@H]1CO[C@H]2[C@@H]1OC[C@H]2O)c1nc2ccc(Cl)cn2c1F. The summed E-state index contributed by atoms with van der Waals surface area (Å²) in [5.41, 5.74) is -0.0422. The Morgan fingerprint density at radius 1 is 1.39 bits per heavy atom. The molecule has 4 atom stereocenters. The second kappa shape index (κ2) is 5.41. The van der Waals surface area contributed by atoms with E-state index < -0.39 is 36.2 Å². The molecule has 2 N–H and O–H groups in total. The molecule has 0 unspecified atom stereocenters. The van der Waals surface area contributed by atoms with Crippen molar-refractivity contribution in [3.8, 4) is 0 Å². The molecule has 0 saturated carbocycles. The zero-order valence-corrected chi connectivity index (χ0v) is 12.5. The van der Waals surface area contributed by atoms with Gasteiger partial charge in [0, 0.05) is 6.20 Å². The summed E-state index contributed by atoms with van der Waals surface area (Å²) in [4.78, 5) is 16.3. The van der Waals surface area contributed by atoms with Crippen LogP contribution in [-0.4, -0.2) is 58.0 Å². The highest BCUT2D eigenvalue weighted by Crippen LogP contribution is 2.27. The molecule has 0 aliphatic carbocycles. The van der Waals surface area contributed by atoms with Gasteiger partial charge in [0.25, 0.3) is 5.91 Å². The maximum atomic E-state index is 14.3. The summed E-state index contributed by atoms with van der Waals surface area (Å²) in [6.07, 6.45) is -0.272. The number of carbonyl (C=O) groups excluding carboxylic acids is 1. The Morgan fingerprint density at radius 2 is 2.17 bits per heavy atom. The summed E-state index contributed by atoms with van der Waals surface area (Å²) >= 11 is 5.82. The van der Waals surface area contributed by atoms with Gasteiger partial charge in [-0.2, -0.15) is 4.39 Å². The van der Waals surface area contributed by atoms with Crippen LogP contribution in [0.25, 0.3) is 5.65 Å². The van der Waals surface area contributed by atoms with Crippen molar-refractivity contribution >= 4 is 23.2 Å². The molecular formula is C14H13ClFN3O4. The Kier molecular flexibility index (Phi) is 3.49. The van der Waals surface area contributed by atoms with E-state index in [1.807, 2.05) is 0 Å². The highest BCUT2D eigenvalue weighted by atomic mass is 35.5. The molecule has 122 valence electrons. The maximum absolute atomic E-state index is 14.3. The molecule has 0 bridgehead atoms. The molecule has 4 heterocycles. The van der Waals surface area contributed by atoms with Crippen molar-refractivity contribution in [2.24, 2.45) is 0 Å². The summed E-state index contributed by atoms with van der Waals surface area (Å²) in [6.45, 7) is 0.349. The van der Waals surface area contributed by atoms with Crippen molar-refractivity contribution in [3.63, 3.8) is 0 Å². The van der Waals surface area contributed by atoms with E-state index in [9.17, 15) is 14.3 Å². The number of halogens is 2. The van der Waals surface area contributed by atoms with E-state index in [0.29, 0.717) is 5.02 Å². The third-order valence-corrected chi connectivity index (χ3v) is 4.31. The number of aromatic nitrogens is 2. The van der Waals surface area contributed by atoms with Crippen LogP contribution in [0.15, 0.2) is 18.3 Å². The smallest absolute Gasteiger partial charge is 0.275 e. The van der Waals surface area contributed by atoms with E-state index in [2.05, 4.69) is 10.3 Å². The second-order valence-corrected chi connectivity index (χ2v) is 6.01. The molecule has 2 fully saturated rings. The number of imidazole rings is 1. The van der Waals surface area contributed by atoms with Gasteiger partial charge in [-0.1, -0.05) is 11.6 Å². The largest absolute Gasteiger partial charge is 0.388 e. The third-order valence-electron chi connectivity index (χ3n) is 4.08. The molecule has 0 aromatic carbocycles. The zero-order valence-electron chi connectivity index (χ0n) is 11.8. The van der Waals surface area contributed by atoms with Gasteiger partial charge in [-0.3, -0.25) is 9.20 Å². The van der Waals surface area contributed by atoms with Crippen LogP contribution in [0.2, 0.25) is 5.02 Å². The number of hydrogen-bond donors (Lipinski definition) is 2. The summed E-state index contributed by atoms with van der Waals surface area (Å²) < 4.78 is 26.3. The summed E-state index contributed by atoms with van der Waals surface area (Å²) in [5.74, 6) is -1.45. The van der Waals surface area contributed by atoms with Crippen LogP contribution >= 0.6 is 11.6 Å². The number of hydrogen-bond acceptors (Lipinski definition) is 5. The van der Waals surface area contributed by atoms with E-state index in [-0.39, 0.29) is 24.6 Å². The monoisotopic (exact) mass is 341 g/mol. The van der Waals surface area contributed by atoms with Crippen LogP contribution < -0.4 is 5.32 Å². The van der Waals surface area contributed by atoms with Crippen molar-refractivity contribution in [3.05, 3.63) is 35.0 Å². The lowest BCUT2D eigenvalue weighted by Gasteiger charge is -2.16. The number of aliphatic hydroxyl groups is 1.